The Bertz CT molecular complexity index is 743. The second kappa shape index (κ2) is 10.5. The molecule has 27 heavy (non-hydrogen) atoms. The number of likely N-dealkylation sites (N-methyl/N-ethyl adjacent to an activating group) is 1. The van der Waals surface area contributed by atoms with E-state index in [1.165, 1.54) is 0 Å². The highest BCUT2D eigenvalue weighted by molar-refractivity contribution is 5.87. The van der Waals surface area contributed by atoms with Crippen LogP contribution in [-0.2, 0) is 22.6 Å². The number of amides is 2. The first-order chi connectivity index (χ1) is 13.1. The molecular formula is C23H30N2O2. The lowest BCUT2D eigenvalue weighted by Crippen LogP contribution is -2.49. The van der Waals surface area contributed by atoms with Crippen LogP contribution in [0.5, 0.6) is 0 Å². The average molecular weight is 367 g/mol. The maximum Gasteiger partial charge on any atom is 0.242 e. The summed E-state index contributed by atoms with van der Waals surface area (Å²) in [5.74, 6) is -0.0677. The minimum Gasteiger partial charge on any atom is -0.355 e. The van der Waals surface area contributed by atoms with E-state index in [9.17, 15) is 9.59 Å². The molecular weight excluding hydrogens is 336 g/mol. The first-order valence-corrected chi connectivity index (χ1v) is 9.72. The minimum absolute atomic E-state index is 0.0141. The van der Waals surface area contributed by atoms with Gasteiger partial charge in [-0.3, -0.25) is 9.59 Å². The van der Waals surface area contributed by atoms with Gasteiger partial charge in [0.1, 0.15) is 6.04 Å². The largest absolute Gasteiger partial charge is 0.355 e. The lowest BCUT2D eigenvalue weighted by atomic mass is 10.0. The molecule has 4 nitrogen and oxygen atoms in total. The van der Waals surface area contributed by atoms with E-state index >= 15 is 0 Å². The van der Waals surface area contributed by atoms with E-state index in [1.807, 2.05) is 75.4 Å². The Labute approximate surface area is 162 Å². The van der Waals surface area contributed by atoms with Crippen molar-refractivity contribution in [3.63, 3.8) is 0 Å². The molecule has 144 valence electrons. The van der Waals surface area contributed by atoms with Gasteiger partial charge in [-0.1, -0.05) is 61.5 Å². The molecule has 0 spiro atoms. The number of nitrogens with zero attached hydrogens (tertiary/aromatic N) is 1. The van der Waals surface area contributed by atoms with Crippen molar-refractivity contribution in [3.8, 4) is 0 Å². The Balaban J connectivity index is 2.20. The van der Waals surface area contributed by atoms with Gasteiger partial charge in [0.15, 0.2) is 0 Å². The van der Waals surface area contributed by atoms with Crippen molar-refractivity contribution in [3.05, 3.63) is 71.3 Å². The summed E-state index contributed by atoms with van der Waals surface area (Å²) in [6, 6.07) is 17.6. The van der Waals surface area contributed by atoms with E-state index in [0.717, 1.165) is 16.7 Å². The van der Waals surface area contributed by atoms with Crippen LogP contribution < -0.4 is 5.32 Å². The highest BCUT2D eigenvalue weighted by atomic mass is 16.2. The van der Waals surface area contributed by atoms with Crippen molar-refractivity contribution in [1.29, 1.82) is 0 Å². The summed E-state index contributed by atoms with van der Waals surface area (Å²) in [5, 5.41) is 2.87. The van der Waals surface area contributed by atoms with Gasteiger partial charge in [0.25, 0.3) is 0 Å². The molecule has 1 N–H and O–H groups in total. The predicted molar refractivity (Wildman–Crippen MR) is 109 cm³/mol. The van der Waals surface area contributed by atoms with Gasteiger partial charge < -0.3 is 10.2 Å². The highest BCUT2D eigenvalue weighted by Gasteiger charge is 2.28. The van der Waals surface area contributed by atoms with Crippen molar-refractivity contribution in [2.45, 2.75) is 52.6 Å². The van der Waals surface area contributed by atoms with Gasteiger partial charge >= 0.3 is 0 Å². The van der Waals surface area contributed by atoms with E-state index in [0.29, 0.717) is 32.4 Å². The van der Waals surface area contributed by atoms with Crippen LogP contribution in [0.15, 0.2) is 54.6 Å². The van der Waals surface area contributed by atoms with Gasteiger partial charge in [0, 0.05) is 19.5 Å². The second-order valence-corrected chi connectivity index (χ2v) is 6.75. The zero-order valence-electron chi connectivity index (χ0n) is 16.6. The van der Waals surface area contributed by atoms with Crippen LogP contribution in [0, 0.1) is 6.92 Å². The van der Waals surface area contributed by atoms with Crippen molar-refractivity contribution in [2.75, 3.05) is 6.54 Å². The van der Waals surface area contributed by atoms with Gasteiger partial charge in [-0.15, -0.1) is 0 Å². The minimum atomic E-state index is -0.451. The smallest absolute Gasteiger partial charge is 0.242 e. The molecule has 2 aromatic carbocycles. The van der Waals surface area contributed by atoms with E-state index < -0.39 is 6.04 Å². The standard InChI is InChI=1S/C23H30N2O2/c1-4-21(23(27)24-5-2)25(17-20-14-10-9-11-18(20)3)22(26)16-15-19-12-7-6-8-13-19/h6-14,21H,4-5,15-17H2,1-3H3,(H,24,27)/t21-/m0/s1. The van der Waals surface area contributed by atoms with Gasteiger partial charge in [-0.05, 0) is 43.4 Å². The Morgan fingerprint density at radius 2 is 1.67 bits per heavy atom. The average Bonchev–Trinajstić information content (AvgIpc) is 2.68. The molecule has 0 heterocycles. The third-order valence-corrected chi connectivity index (χ3v) is 4.81. The van der Waals surface area contributed by atoms with Gasteiger partial charge in [0.05, 0.1) is 0 Å². The topological polar surface area (TPSA) is 49.4 Å². The van der Waals surface area contributed by atoms with Crippen LogP contribution >= 0.6 is 0 Å². The van der Waals surface area contributed by atoms with Gasteiger partial charge in [-0.25, -0.2) is 0 Å². The molecule has 0 aliphatic carbocycles. The summed E-state index contributed by atoms with van der Waals surface area (Å²) in [6.07, 6.45) is 1.66. The van der Waals surface area contributed by atoms with Crippen LogP contribution in [0.2, 0.25) is 0 Å². The second-order valence-electron chi connectivity index (χ2n) is 6.75. The van der Waals surface area contributed by atoms with E-state index in [2.05, 4.69) is 5.32 Å². The molecule has 0 bridgehead atoms. The summed E-state index contributed by atoms with van der Waals surface area (Å²) in [4.78, 5) is 27.4. The molecule has 0 fully saturated rings. The van der Waals surface area contributed by atoms with Crippen LogP contribution in [0.1, 0.15) is 43.4 Å². The first-order valence-electron chi connectivity index (χ1n) is 9.72. The van der Waals surface area contributed by atoms with E-state index in [1.54, 1.807) is 4.90 Å². The predicted octanol–water partition coefficient (Wildman–Crippen LogP) is 3.87. The zero-order valence-corrected chi connectivity index (χ0v) is 16.6. The van der Waals surface area contributed by atoms with Crippen LogP contribution in [0.25, 0.3) is 0 Å². The lowest BCUT2D eigenvalue weighted by molar-refractivity contribution is -0.141. The van der Waals surface area contributed by atoms with E-state index in [4.69, 9.17) is 0 Å². The number of hydrogen-bond acceptors (Lipinski definition) is 2. The number of hydrogen-bond donors (Lipinski definition) is 1. The van der Waals surface area contributed by atoms with Gasteiger partial charge in [0.2, 0.25) is 11.8 Å². The summed E-state index contributed by atoms with van der Waals surface area (Å²) >= 11 is 0. The van der Waals surface area contributed by atoms with Crippen LogP contribution in [0.3, 0.4) is 0 Å². The van der Waals surface area contributed by atoms with Crippen LogP contribution in [0.4, 0.5) is 0 Å². The summed E-state index contributed by atoms with van der Waals surface area (Å²) in [6.45, 7) is 6.90. The Hall–Kier alpha value is -2.62. The lowest BCUT2D eigenvalue weighted by Gasteiger charge is -2.31. The first kappa shape index (κ1) is 20.7. The molecule has 2 aromatic rings. The van der Waals surface area contributed by atoms with E-state index in [-0.39, 0.29) is 11.8 Å². The maximum absolute atomic E-state index is 13.1. The van der Waals surface area contributed by atoms with Crippen molar-refractivity contribution in [2.24, 2.45) is 0 Å². The molecule has 0 aliphatic heterocycles. The molecule has 0 aromatic heterocycles. The number of benzene rings is 2. The monoisotopic (exact) mass is 366 g/mol. The molecule has 2 rings (SSSR count). The SMILES string of the molecule is CCNC(=O)[C@H](CC)N(Cc1ccccc1C)C(=O)CCc1ccccc1. The molecule has 4 heteroatoms. The third kappa shape index (κ3) is 5.95. The number of rotatable bonds is 9. The molecule has 0 saturated heterocycles. The van der Waals surface area contributed by atoms with Gasteiger partial charge in [-0.2, -0.15) is 0 Å². The number of nitrogens with one attached hydrogen (secondary N) is 1. The van der Waals surface area contributed by atoms with Crippen molar-refractivity contribution < 1.29 is 9.59 Å². The summed E-state index contributed by atoms with van der Waals surface area (Å²) in [7, 11) is 0. The zero-order chi connectivity index (χ0) is 19.6. The Kier molecular flexibility index (Phi) is 8.05. The number of aryl methyl sites for hydroxylation is 2. The molecule has 0 saturated carbocycles. The fraction of sp³-hybridized carbons (Fsp3) is 0.391. The Morgan fingerprint density at radius 3 is 2.30 bits per heavy atom. The number of carbonyl (C=O) groups excluding carboxylic acids is 2. The summed E-state index contributed by atoms with van der Waals surface area (Å²) in [5.41, 5.74) is 3.34. The third-order valence-electron chi connectivity index (χ3n) is 4.81. The molecule has 0 radical (unpaired) electrons. The van der Waals surface area contributed by atoms with Crippen molar-refractivity contribution in [1.82, 2.24) is 10.2 Å². The molecule has 0 unspecified atom stereocenters. The fourth-order valence-corrected chi connectivity index (χ4v) is 3.22. The molecule has 1 atom stereocenters. The maximum atomic E-state index is 13.1. The normalized spacial score (nSPS) is 11.7. The summed E-state index contributed by atoms with van der Waals surface area (Å²) < 4.78 is 0. The number of carbonyl (C=O) groups is 2. The van der Waals surface area contributed by atoms with Crippen LogP contribution in [-0.4, -0.2) is 29.3 Å². The molecule has 0 aliphatic rings. The van der Waals surface area contributed by atoms with Crippen molar-refractivity contribution >= 4 is 11.8 Å². The molecule has 2 amide bonds. The quantitative estimate of drug-likeness (QED) is 0.732. The fourth-order valence-electron chi connectivity index (χ4n) is 3.22. The highest BCUT2D eigenvalue weighted by Crippen LogP contribution is 2.17. The Morgan fingerprint density at radius 1 is 1.00 bits per heavy atom.